The van der Waals surface area contributed by atoms with Crippen LogP contribution in [0.25, 0.3) is 0 Å². The number of benzene rings is 1. The summed E-state index contributed by atoms with van der Waals surface area (Å²) in [5.74, 6) is 0.469. The van der Waals surface area contributed by atoms with E-state index >= 15 is 0 Å². The summed E-state index contributed by atoms with van der Waals surface area (Å²) < 4.78 is 43.6. The molecule has 1 aromatic rings. The minimum absolute atomic E-state index is 0.334. The maximum absolute atomic E-state index is 12.8. The van der Waals surface area contributed by atoms with Crippen LogP contribution in [0.5, 0.6) is 0 Å². The van der Waals surface area contributed by atoms with E-state index in [-0.39, 0.29) is 5.56 Å². The molecule has 0 atom stereocenters. The van der Waals surface area contributed by atoms with Crippen LogP contribution in [0.1, 0.15) is 24.0 Å². The van der Waals surface area contributed by atoms with Crippen LogP contribution < -0.4 is 4.90 Å². The lowest BCUT2D eigenvalue weighted by Crippen LogP contribution is -2.29. The maximum atomic E-state index is 12.8. The van der Waals surface area contributed by atoms with Gasteiger partial charge in [0.2, 0.25) is 0 Å². The van der Waals surface area contributed by atoms with E-state index in [1.54, 1.807) is 6.07 Å². The highest BCUT2D eigenvalue weighted by Gasteiger charge is 2.33. The smallest absolute Gasteiger partial charge is 0.381 e. The molecule has 21 heavy (non-hydrogen) atoms. The largest absolute Gasteiger partial charge is 0.417 e. The zero-order valence-corrected chi connectivity index (χ0v) is 11.8. The van der Waals surface area contributed by atoms with Crippen molar-refractivity contribution in [1.82, 2.24) is 0 Å². The van der Waals surface area contributed by atoms with Crippen LogP contribution in [0.4, 0.5) is 18.9 Å². The van der Waals surface area contributed by atoms with Gasteiger partial charge in [0.1, 0.15) is 0 Å². The molecule has 114 valence electrons. The van der Waals surface area contributed by atoms with Crippen molar-refractivity contribution in [2.45, 2.75) is 19.0 Å². The molecule has 0 aliphatic carbocycles. The Kier molecular flexibility index (Phi) is 4.73. The van der Waals surface area contributed by atoms with E-state index < -0.39 is 11.7 Å². The second kappa shape index (κ2) is 6.35. The van der Waals surface area contributed by atoms with Gasteiger partial charge in [0, 0.05) is 32.5 Å². The quantitative estimate of drug-likeness (QED) is 0.857. The van der Waals surface area contributed by atoms with Crippen LogP contribution in [0, 0.1) is 17.2 Å². The summed E-state index contributed by atoms with van der Waals surface area (Å²) in [6, 6.07) is 5.34. The summed E-state index contributed by atoms with van der Waals surface area (Å²) in [5, 5.41) is 8.92. The first-order valence-corrected chi connectivity index (χ1v) is 6.82. The Hall–Kier alpha value is -1.74. The zero-order valence-electron chi connectivity index (χ0n) is 11.8. The van der Waals surface area contributed by atoms with Crippen LogP contribution in [0.2, 0.25) is 0 Å². The van der Waals surface area contributed by atoms with Gasteiger partial charge in [0.15, 0.2) is 0 Å². The molecule has 1 aliphatic rings. The SMILES string of the molecule is CN(CC1CCOCC1)c1ccc(C(F)(F)F)c(C#N)c1. The molecule has 3 nitrogen and oxygen atoms in total. The summed E-state index contributed by atoms with van der Waals surface area (Å²) in [6.07, 6.45) is -2.59. The number of halogens is 3. The first kappa shape index (κ1) is 15.6. The molecule has 0 spiro atoms. The van der Waals surface area contributed by atoms with Gasteiger partial charge >= 0.3 is 6.18 Å². The van der Waals surface area contributed by atoms with Gasteiger partial charge in [0.05, 0.1) is 17.2 Å². The fourth-order valence-corrected chi connectivity index (χ4v) is 2.53. The van der Waals surface area contributed by atoms with Gasteiger partial charge in [0.25, 0.3) is 0 Å². The summed E-state index contributed by atoms with van der Waals surface area (Å²) in [7, 11) is 1.83. The van der Waals surface area contributed by atoms with Crippen LogP contribution in [-0.2, 0) is 10.9 Å². The number of alkyl halides is 3. The zero-order chi connectivity index (χ0) is 15.5. The molecule has 0 radical (unpaired) electrons. The van der Waals surface area contributed by atoms with Crippen molar-refractivity contribution in [3.63, 3.8) is 0 Å². The molecular weight excluding hydrogens is 281 g/mol. The van der Waals surface area contributed by atoms with Gasteiger partial charge in [-0.25, -0.2) is 0 Å². The topological polar surface area (TPSA) is 36.3 Å². The normalized spacial score (nSPS) is 16.5. The fourth-order valence-electron chi connectivity index (χ4n) is 2.53. The molecule has 2 rings (SSSR count). The molecule has 1 heterocycles. The molecule has 0 saturated carbocycles. The van der Waals surface area contributed by atoms with Gasteiger partial charge in [-0.05, 0) is 37.0 Å². The van der Waals surface area contributed by atoms with Crippen LogP contribution >= 0.6 is 0 Å². The average Bonchev–Trinajstić information content (AvgIpc) is 2.46. The lowest BCUT2D eigenvalue weighted by molar-refractivity contribution is -0.137. The third-order valence-corrected chi connectivity index (χ3v) is 3.74. The third kappa shape index (κ3) is 3.88. The second-order valence-corrected chi connectivity index (χ2v) is 5.28. The van der Waals surface area contributed by atoms with Gasteiger partial charge in [-0.3, -0.25) is 0 Å². The molecular formula is C15H17F3N2O. The lowest BCUT2D eigenvalue weighted by atomic mass is 9.99. The molecule has 1 saturated heterocycles. The van der Waals surface area contributed by atoms with E-state index in [0.29, 0.717) is 11.6 Å². The first-order chi connectivity index (χ1) is 9.91. The van der Waals surface area contributed by atoms with Crippen molar-refractivity contribution in [1.29, 1.82) is 5.26 Å². The predicted molar refractivity (Wildman–Crippen MR) is 73.0 cm³/mol. The van der Waals surface area contributed by atoms with E-state index in [1.807, 2.05) is 11.9 Å². The van der Waals surface area contributed by atoms with E-state index in [0.717, 1.165) is 38.7 Å². The number of rotatable bonds is 3. The van der Waals surface area contributed by atoms with E-state index in [1.165, 1.54) is 12.1 Å². The lowest BCUT2D eigenvalue weighted by Gasteiger charge is -2.28. The molecule has 0 aromatic heterocycles. The minimum Gasteiger partial charge on any atom is -0.381 e. The van der Waals surface area contributed by atoms with Gasteiger partial charge < -0.3 is 9.64 Å². The molecule has 1 aromatic carbocycles. The Morgan fingerprint density at radius 3 is 2.57 bits per heavy atom. The fraction of sp³-hybridized carbons (Fsp3) is 0.533. The second-order valence-electron chi connectivity index (χ2n) is 5.28. The molecule has 1 fully saturated rings. The maximum Gasteiger partial charge on any atom is 0.417 e. The van der Waals surface area contributed by atoms with Crippen molar-refractivity contribution in [3.8, 4) is 6.07 Å². The highest BCUT2D eigenvalue weighted by molar-refractivity contribution is 5.55. The molecule has 0 amide bonds. The summed E-state index contributed by atoms with van der Waals surface area (Å²) in [5.41, 5.74) is -0.585. The number of nitrogens with zero attached hydrogens (tertiary/aromatic N) is 2. The molecule has 0 N–H and O–H groups in total. The monoisotopic (exact) mass is 298 g/mol. The predicted octanol–water partition coefficient (Wildman–Crippen LogP) is 3.44. The Balaban J connectivity index is 2.14. The first-order valence-electron chi connectivity index (χ1n) is 6.82. The molecule has 1 aliphatic heterocycles. The van der Waals surface area contributed by atoms with Crippen molar-refractivity contribution in [2.75, 3.05) is 31.7 Å². The Labute approximate surface area is 121 Å². The standard InChI is InChI=1S/C15H17F3N2O/c1-20(10-11-4-6-21-7-5-11)13-2-3-14(15(16,17)18)12(8-13)9-19/h2-3,8,11H,4-7,10H2,1H3. The van der Waals surface area contributed by atoms with Crippen molar-refractivity contribution >= 4 is 5.69 Å². The Bertz CT molecular complexity index is 531. The van der Waals surface area contributed by atoms with Crippen LogP contribution in [0.15, 0.2) is 18.2 Å². The highest BCUT2D eigenvalue weighted by Crippen LogP contribution is 2.33. The van der Waals surface area contributed by atoms with Crippen molar-refractivity contribution in [2.24, 2.45) is 5.92 Å². The average molecular weight is 298 g/mol. The molecule has 0 bridgehead atoms. The Morgan fingerprint density at radius 1 is 1.33 bits per heavy atom. The third-order valence-electron chi connectivity index (χ3n) is 3.74. The van der Waals surface area contributed by atoms with Crippen molar-refractivity contribution < 1.29 is 17.9 Å². The number of nitriles is 1. The van der Waals surface area contributed by atoms with Gasteiger partial charge in [-0.1, -0.05) is 0 Å². The number of hydrogen-bond acceptors (Lipinski definition) is 3. The summed E-state index contributed by atoms with van der Waals surface area (Å²) in [4.78, 5) is 1.90. The van der Waals surface area contributed by atoms with Gasteiger partial charge in [-0.2, -0.15) is 18.4 Å². The Morgan fingerprint density at radius 2 is 2.00 bits per heavy atom. The van der Waals surface area contributed by atoms with E-state index in [2.05, 4.69) is 0 Å². The van der Waals surface area contributed by atoms with Gasteiger partial charge in [-0.15, -0.1) is 0 Å². The minimum atomic E-state index is -4.50. The number of hydrogen-bond donors (Lipinski definition) is 0. The van der Waals surface area contributed by atoms with Crippen LogP contribution in [-0.4, -0.2) is 26.8 Å². The summed E-state index contributed by atoms with van der Waals surface area (Å²) >= 11 is 0. The van der Waals surface area contributed by atoms with E-state index in [9.17, 15) is 13.2 Å². The van der Waals surface area contributed by atoms with Crippen molar-refractivity contribution in [3.05, 3.63) is 29.3 Å². The highest BCUT2D eigenvalue weighted by atomic mass is 19.4. The summed E-state index contributed by atoms with van der Waals surface area (Å²) in [6.45, 7) is 2.21. The van der Waals surface area contributed by atoms with E-state index in [4.69, 9.17) is 10.00 Å². The number of ether oxygens (including phenoxy) is 1. The van der Waals surface area contributed by atoms with Crippen LogP contribution in [0.3, 0.4) is 0 Å². The number of anilines is 1. The molecule has 0 unspecified atom stereocenters. The molecule has 6 heteroatoms.